The van der Waals surface area contributed by atoms with Crippen molar-refractivity contribution in [2.45, 2.75) is 0 Å². The van der Waals surface area contributed by atoms with Crippen LogP contribution in [0, 0.1) is 0 Å². The van der Waals surface area contributed by atoms with Crippen LogP contribution < -0.4 is 0 Å². The van der Waals surface area contributed by atoms with Gasteiger partial charge in [0.25, 0.3) is 0 Å². The molecule has 0 bridgehead atoms. The molecule has 5 aromatic heterocycles. The van der Waals surface area contributed by atoms with E-state index in [2.05, 4.69) is 117 Å². The van der Waals surface area contributed by atoms with Crippen molar-refractivity contribution in [3.63, 3.8) is 0 Å². The van der Waals surface area contributed by atoms with Gasteiger partial charge in [-0.1, -0.05) is 127 Å². The van der Waals surface area contributed by atoms with E-state index >= 15 is 0 Å². The van der Waals surface area contributed by atoms with Crippen molar-refractivity contribution in [2.24, 2.45) is 0 Å². The molecule has 0 radical (unpaired) electrons. The van der Waals surface area contributed by atoms with Gasteiger partial charge in [-0.15, -0.1) is 11.3 Å². The average Bonchev–Trinajstić information content (AvgIpc) is 3.95. The molecule has 0 aliphatic rings. The second-order valence-corrected chi connectivity index (χ2v) is 15.2. The standard InChI is InChI=1S/C49H29N7S/c1-4-15-30(16-5-1)47-52-48(31-17-6-2-7-18-31)54-49(53-47)32-19-14-22-34(27-32)56-38-26-13-11-24-36(38)41-44-40(42-43-39(28-50-29-51-43)57-46(42)45(41)56)35-23-10-12-25-37(35)55(44)33-20-8-3-9-21-33/h1-29H. The second-order valence-electron chi connectivity index (χ2n) is 14.1. The van der Waals surface area contributed by atoms with Gasteiger partial charge in [0, 0.05) is 61.2 Å². The van der Waals surface area contributed by atoms with Crippen molar-refractivity contribution in [3.05, 3.63) is 176 Å². The van der Waals surface area contributed by atoms with Gasteiger partial charge in [0.2, 0.25) is 0 Å². The lowest BCUT2D eigenvalue weighted by Crippen LogP contribution is -2.01. The second kappa shape index (κ2) is 12.5. The van der Waals surface area contributed by atoms with Crippen molar-refractivity contribution >= 4 is 75.3 Å². The predicted molar refractivity (Wildman–Crippen MR) is 233 cm³/mol. The summed E-state index contributed by atoms with van der Waals surface area (Å²) in [5.41, 5.74) is 10.4. The zero-order valence-electron chi connectivity index (χ0n) is 30.3. The fraction of sp³-hybridized carbons (Fsp3) is 0. The fourth-order valence-electron chi connectivity index (χ4n) is 8.51. The maximum Gasteiger partial charge on any atom is 0.164 e. The molecule has 7 aromatic carbocycles. The Labute approximate surface area is 329 Å². The van der Waals surface area contributed by atoms with Crippen molar-refractivity contribution < 1.29 is 0 Å². The van der Waals surface area contributed by atoms with Crippen molar-refractivity contribution in [1.82, 2.24) is 34.1 Å². The minimum atomic E-state index is 0.610. The highest BCUT2D eigenvalue weighted by Gasteiger charge is 2.27. The molecule has 0 amide bonds. The first-order valence-corrected chi connectivity index (χ1v) is 19.7. The summed E-state index contributed by atoms with van der Waals surface area (Å²) in [4.78, 5) is 24.6. The summed E-state index contributed by atoms with van der Waals surface area (Å²) in [5, 5.41) is 5.90. The average molecular weight is 748 g/mol. The van der Waals surface area contributed by atoms with E-state index in [1.165, 1.54) is 26.2 Å². The molecule has 0 saturated heterocycles. The highest BCUT2D eigenvalue weighted by molar-refractivity contribution is 7.26. The van der Waals surface area contributed by atoms with Crippen LogP contribution in [0.5, 0.6) is 0 Å². The molecule has 5 heterocycles. The van der Waals surface area contributed by atoms with E-state index in [1.807, 2.05) is 66.9 Å². The fourth-order valence-corrected chi connectivity index (χ4v) is 9.68. The molecule has 0 saturated carbocycles. The molecule has 0 aliphatic heterocycles. The number of hydrogen-bond donors (Lipinski definition) is 0. The third-order valence-corrected chi connectivity index (χ3v) is 12.0. The van der Waals surface area contributed by atoms with E-state index in [-0.39, 0.29) is 0 Å². The Morgan fingerprint density at radius 3 is 1.63 bits per heavy atom. The number of hydrogen-bond acceptors (Lipinski definition) is 6. The third kappa shape index (κ3) is 4.81. The summed E-state index contributed by atoms with van der Waals surface area (Å²) in [7, 11) is 0. The van der Waals surface area contributed by atoms with Crippen LogP contribution in [-0.4, -0.2) is 34.1 Å². The zero-order chi connectivity index (χ0) is 37.5. The molecule has 0 unspecified atom stereocenters. The Bertz CT molecular complexity index is 3460. The highest BCUT2D eigenvalue weighted by Crippen LogP contribution is 2.50. The molecule has 0 N–H and O–H groups in total. The van der Waals surface area contributed by atoms with Gasteiger partial charge >= 0.3 is 0 Å². The van der Waals surface area contributed by atoms with Crippen molar-refractivity contribution in [2.75, 3.05) is 0 Å². The molecular weight excluding hydrogens is 719 g/mol. The Morgan fingerprint density at radius 1 is 0.439 bits per heavy atom. The summed E-state index contributed by atoms with van der Waals surface area (Å²) < 4.78 is 7.08. The summed E-state index contributed by atoms with van der Waals surface area (Å²) in [6.45, 7) is 0. The van der Waals surface area contributed by atoms with E-state index in [0.717, 1.165) is 65.7 Å². The van der Waals surface area contributed by atoms with E-state index < -0.39 is 0 Å². The molecule has 12 aromatic rings. The summed E-state index contributed by atoms with van der Waals surface area (Å²) in [6.07, 6.45) is 3.62. The van der Waals surface area contributed by atoms with Crippen LogP contribution in [0.25, 0.3) is 109 Å². The molecule has 0 fully saturated rings. The quantitative estimate of drug-likeness (QED) is 0.175. The summed E-state index contributed by atoms with van der Waals surface area (Å²) in [5.74, 6) is 1.87. The van der Waals surface area contributed by atoms with Crippen molar-refractivity contribution in [3.8, 4) is 45.5 Å². The number of benzene rings is 7. The van der Waals surface area contributed by atoms with Crippen LogP contribution in [0.3, 0.4) is 0 Å². The Kier molecular flexibility index (Phi) is 6.96. The third-order valence-electron chi connectivity index (χ3n) is 10.9. The SMILES string of the molecule is c1ccc(-c2nc(-c3ccccc3)nc(-c3cccc(-n4c5ccccc5c5c4c4sc6cncnc6c4c4c6ccccc6n(-c6ccccc6)c45)c3)n2)cc1. The smallest absolute Gasteiger partial charge is 0.164 e. The minimum absolute atomic E-state index is 0.610. The molecule has 12 rings (SSSR count). The van der Waals surface area contributed by atoms with Gasteiger partial charge in [-0.3, -0.25) is 0 Å². The zero-order valence-corrected chi connectivity index (χ0v) is 31.1. The van der Waals surface area contributed by atoms with Crippen LogP contribution in [-0.2, 0) is 0 Å². The van der Waals surface area contributed by atoms with Crippen LogP contribution in [0.2, 0.25) is 0 Å². The Balaban J connectivity index is 1.21. The Hall–Kier alpha value is -7.55. The molecule has 7 nitrogen and oxygen atoms in total. The maximum atomic E-state index is 5.09. The highest BCUT2D eigenvalue weighted by atomic mass is 32.1. The van der Waals surface area contributed by atoms with Crippen molar-refractivity contribution in [1.29, 1.82) is 0 Å². The van der Waals surface area contributed by atoms with Gasteiger partial charge in [-0.25, -0.2) is 24.9 Å². The van der Waals surface area contributed by atoms with Crippen LogP contribution >= 0.6 is 11.3 Å². The minimum Gasteiger partial charge on any atom is -0.309 e. The van der Waals surface area contributed by atoms with Gasteiger partial charge in [-0.05, 0) is 36.4 Å². The number of rotatable bonds is 5. The summed E-state index contributed by atoms with van der Waals surface area (Å²) >= 11 is 1.76. The monoisotopic (exact) mass is 747 g/mol. The molecule has 57 heavy (non-hydrogen) atoms. The van der Waals surface area contributed by atoms with Gasteiger partial charge < -0.3 is 9.13 Å². The van der Waals surface area contributed by atoms with Crippen LogP contribution in [0.1, 0.15) is 0 Å². The number of para-hydroxylation sites is 3. The Morgan fingerprint density at radius 2 is 0.965 bits per heavy atom. The topological polar surface area (TPSA) is 74.3 Å². The number of fused-ring (bicyclic) bond motifs is 12. The van der Waals surface area contributed by atoms with Gasteiger partial charge in [0.15, 0.2) is 17.5 Å². The van der Waals surface area contributed by atoms with Gasteiger partial charge in [0.1, 0.15) is 6.33 Å². The lowest BCUT2D eigenvalue weighted by molar-refractivity contribution is 1.07. The lowest BCUT2D eigenvalue weighted by Gasteiger charge is -2.13. The molecule has 0 atom stereocenters. The van der Waals surface area contributed by atoms with Crippen LogP contribution in [0.4, 0.5) is 0 Å². The number of nitrogens with zero attached hydrogens (tertiary/aromatic N) is 7. The first kappa shape index (κ1) is 31.8. The molecule has 266 valence electrons. The van der Waals surface area contributed by atoms with Gasteiger partial charge in [-0.2, -0.15) is 0 Å². The molecule has 8 heteroatoms. The van der Waals surface area contributed by atoms with Gasteiger partial charge in [0.05, 0.1) is 37.0 Å². The molecule has 0 spiro atoms. The first-order chi connectivity index (χ1) is 28.3. The van der Waals surface area contributed by atoms with E-state index in [4.69, 9.17) is 19.9 Å². The first-order valence-electron chi connectivity index (χ1n) is 18.8. The largest absolute Gasteiger partial charge is 0.309 e. The summed E-state index contributed by atoms with van der Waals surface area (Å²) in [6, 6.07) is 57.0. The number of aromatic nitrogens is 7. The van der Waals surface area contributed by atoms with E-state index in [9.17, 15) is 0 Å². The predicted octanol–water partition coefficient (Wildman–Crippen LogP) is 12.2. The molecular formula is C49H29N7S. The normalized spacial score (nSPS) is 11.9. The number of thiophene rings is 1. The van der Waals surface area contributed by atoms with Crippen LogP contribution in [0.15, 0.2) is 176 Å². The molecule has 0 aliphatic carbocycles. The van der Waals surface area contributed by atoms with E-state index in [0.29, 0.717) is 17.5 Å². The lowest BCUT2D eigenvalue weighted by atomic mass is 10.0. The maximum absolute atomic E-state index is 5.09. The van der Waals surface area contributed by atoms with E-state index in [1.54, 1.807) is 17.7 Å².